The Labute approximate surface area is 365 Å². The molecule has 1 nitrogen and oxygen atoms in total. The lowest BCUT2D eigenvalue weighted by atomic mass is 9.82. The van der Waals surface area contributed by atoms with Crippen LogP contribution in [0.3, 0.4) is 0 Å². The van der Waals surface area contributed by atoms with Crippen molar-refractivity contribution in [3.8, 4) is 55.6 Å². The Morgan fingerprint density at radius 2 is 0.983 bits per heavy atom. The molecule has 60 heavy (non-hydrogen) atoms. The van der Waals surface area contributed by atoms with E-state index in [9.17, 15) is 5.48 Å². The van der Waals surface area contributed by atoms with Crippen LogP contribution in [0.2, 0.25) is 0 Å². The molecule has 0 fully saturated rings. The van der Waals surface area contributed by atoms with Gasteiger partial charge in [-0.15, -0.1) is 0 Å². The highest BCUT2D eigenvalue weighted by atomic mass is 15.1. The minimum atomic E-state index is -0.624. The van der Waals surface area contributed by atoms with Gasteiger partial charge in [0.05, 0.1) is 18.0 Å². The highest BCUT2D eigenvalue weighted by Gasteiger charge is 2.36. The lowest BCUT2D eigenvalue weighted by Gasteiger charge is -2.31. The molecule has 0 radical (unpaired) electrons. The first-order chi connectivity index (χ1) is 33.3. The van der Waals surface area contributed by atoms with E-state index in [0.29, 0.717) is 11.1 Å². The molecule has 0 aliphatic heterocycles. The van der Waals surface area contributed by atoms with Crippen LogP contribution >= 0.6 is 0 Å². The Bertz CT molecular complexity index is 3690. The first-order valence-electron chi connectivity index (χ1n) is 24.7. The summed E-state index contributed by atoms with van der Waals surface area (Å²) in [6, 6.07) is 53.1. The van der Waals surface area contributed by atoms with Gasteiger partial charge >= 0.3 is 0 Å². The predicted octanol–water partition coefficient (Wildman–Crippen LogP) is 16.4. The van der Waals surface area contributed by atoms with Gasteiger partial charge in [0.15, 0.2) is 0 Å². The van der Waals surface area contributed by atoms with Gasteiger partial charge in [-0.25, -0.2) is 0 Å². The van der Waals surface area contributed by atoms with Crippen molar-refractivity contribution < 1.29 is 12.3 Å². The van der Waals surface area contributed by atoms with Crippen molar-refractivity contribution in [2.45, 2.75) is 19.3 Å². The molecule has 0 N–H and O–H groups in total. The molecule has 1 aliphatic rings. The highest BCUT2D eigenvalue weighted by molar-refractivity contribution is 6.16. The van der Waals surface area contributed by atoms with E-state index in [4.69, 9.17) is 6.85 Å². The fourth-order valence-electron chi connectivity index (χ4n) is 9.12. The fourth-order valence-corrected chi connectivity index (χ4v) is 9.12. The zero-order valence-corrected chi connectivity index (χ0v) is 33.1. The van der Waals surface area contributed by atoms with Crippen LogP contribution in [-0.4, -0.2) is 0 Å². The average molecular weight is 775 g/mol. The molecular formula is C59H43N. The summed E-state index contributed by atoms with van der Waals surface area (Å²) >= 11 is 0. The maximum absolute atomic E-state index is 9.75. The Balaban J connectivity index is 1.24. The Morgan fingerprint density at radius 3 is 1.78 bits per heavy atom. The lowest BCUT2D eigenvalue weighted by Crippen LogP contribution is -2.17. The first-order valence-corrected chi connectivity index (χ1v) is 20.2. The van der Waals surface area contributed by atoms with Gasteiger partial charge in [0.1, 0.15) is 0 Å². The number of nitrogens with zero attached hydrogens (tertiary/aromatic N) is 1. The summed E-state index contributed by atoms with van der Waals surface area (Å²) in [6.07, 6.45) is 0. The molecule has 1 aliphatic carbocycles. The van der Waals surface area contributed by atoms with Gasteiger partial charge in [-0.1, -0.05) is 202 Å². The molecule has 11 rings (SSSR count). The molecule has 0 saturated carbocycles. The summed E-state index contributed by atoms with van der Waals surface area (Å²) < 4.78 is 81.0. The van der Waals surface area contributed by atoms with E-state index in [2.05, 4.69) is 128 Å². The van der Waals surface area contributed by atoms with Gasteiger partial charge in [0, 0.05) is 22.4 Å². The second-order valence-electron chi connectivity index (χ2n) is 15.8. The zero-order valence-electron chi connectivity index (χ0n) is 42.1. The van der Waals surface area contributed by atoms with Gasteiger partial charge in [0.25, 0.3) is 0 Å². The van der Waals surface area contributed by atoms with E-state index in [0.717, 1.165) is 60.9 Å². The van der Waals surface area contributed by atoms with Gasteiger partial charge in [0.2, 0.25) is 0 Å². The number of hydrogen-bond acceptors (Lipinski definition) is 1. The van der Waals surface area contributed by atoms with Gasteiger partial charge in [-0.3, -0.25) is 0 Å². The first kappa shape index (κ1) is 27.3. The topological polar surface area (TPSA) is 3.24 Å². The fraction of sp³-hybridized carbons (Fsp3) is 0.0508. The van der Waals surface area contributed by atoms with Crippen molar-refractivity contribution in [2.75, 3.05) is 4.90 Å². The summed E-state index contributed by atoms with van der Waals surface area (Å²) in [5, 5.41) is 3.94. The zero-order chi connectivity index (χ0) is 48.0. The molecule has 0 unspecified atom stereocenters. The third-order valence-electron chi connectivity index (χ3n) is 12.0. The monoisotopic (exact) mass is 774 g/mol. The Hall–Kier alpha value is -7.48. The van der Waals surface area contributed by atoms with Crippen molar-refractivity contribution in [1.29, 1.82) is 0 Å². The molecule has 0 heterocycles. The normalized spacial score (nSPS) is 14.7. The lowest BCUT2D eigenvalue weighted by molar-refractivity contribution is 0.660. The maximum atomic E-state index is 9.75. The van der Waals surface area contributed by atoms with Crippen LogP contribution in [0.4, 0.5) is 17.1 Å². The molecule has 284 valence electrons. The number of fused-ring (bicyclic) bond motifs is 6. The van der Waals surface area contributed by atoms with Crippen LogP contribution in [0, 0.1) is 0 Å². The molecule has 0 spiro atoms. The average Bonchev–Trinajstić information content (AvgIpc) is 3.61. The van der Waals surface area contributed by atoms with E-state index in [1.54, 1.807) is 0 Å². The van der Waals surface area contributed by atoms with Gasteiger partial charge in [-0.2, -0.15) is 0 Å². The van der Waals surface area contributed by atoms with E-state index in [-0.39, 0.29) is 22.1 Å². The van der Waals surface area contributed by atoms with Crippen LogP contribution in [0.1, 0.15) is 37.3 Å². The summed E-state index contributed by atoms with van der Waals surface area (Å²) in [7, 11) is 0. The van der Waals surface area contributed by atoms with Crippen LogP contribution in [-0.2, 0) is 5.41 Å². The summed E-state index contributed by atoms with van der Waals surface area (Å²) in [4.78, 5) is 2.22. The highest BCUT2D eigenvalue weighted by Crippen LogP contribution is 2.53. The van der Waals surface area contributed by atoms with Crippen LogP contribution in [0.25, 0.3) is 77.2 Å². The molecule has 10 aromatic carbocycles. The maximum Gasteiger partial charge on any atom is 0.0629 e. The Kier molecular flexibility index (Phi) is 6.55. The summed E-state index contributed by atoms with van der Waals surface area (Å²) in [6.45, 7) is 4.51. The predicted molar refractivity (Wildman–Crippen MR) is 255 cm³/mol. The van der Waals surface area contributed by atoms with E-state index in [1.807, 2.05) is 60.7 Å². The number of hydrogen-bond donors (Lipinski definition) is 0. The van der Waals surface area contributed by atoms with Crippen molar-refractivity contribution in [3.05, 3.63) is 235 Å². The summed E-state index contributed by atoms with van der Waals surface area (Å²) in [5.41, 5.74) is 10.2. The van der Waals surface area contributed by atoms with Crippen LogP contribution in [0.5, 0.6) is 0 Å². The third kappa shape index (κ3) is 5.93. The van der Waals surface area contributed by atoms with E-state index < -0.39 is 54.4 Å². The quantitative estimate of drug-likeness (QED) is 0.146. The molecule has 1 heteroatoms. The van der Waals surface area contributed by atoms with Crippen molar-refractivity contribution in [3.63, 3.8) is 0 Å². The molecule has 10 aromatic rings. The van der Waals surface area contributed by atoms with Crippen molar-refractivity contribution >= 4 is 38.6 Å². The second-order valence-corrected chi connectivity index (χ2v) is 15.8. The van der Waals surface area contributed by atoms with Crippen LogP contribution in [0.15, 0.2) is 224 Å². The molecule has 0 bridgehead atoms. The minimum Gasteiger partial charge on any atom is -0.310 e. The largest absolute Gasteiger partial charge is 0.310 e. The smallest absolute Gasteiger partial charge is 0.0629 e. The summed E-state index contributed by atoms with van der Waals surface area (Å²) in [5.74, 6) is 0. The van der Waals surface area contributed by atoms with E-state index >= 15 is 0 Å². The molecule has 0 saturated heterocycles. The molecule has 0 aromatic heterocycles. The SMILES string of the molecule is [2H]c1c([2H])c([2H])c(-c2c([2H])c([2H])c(-c3cccc(N(c4ccc(-c5ccccc5)cc4)c4ccc5c(c4)C(C)(C)c4ccccc4-5)c3-c3cc4ccccc4c4ccccc34)c([2H])c2[2H])c([2H])c1[2H]. The molecule has 0 amide bonds. The van der Waals surface area contributed by atoms with Crippen LogP contribution < -0.4 is 4.90 Å². The minimum absolute atomic E-state index is 0.0140. The number of rotatable bonds is 7. The Morgan fingerprint density at radius 1 is 0.383 bits per heavy atom. The second kappa shape index (κ2) is 14.4. The molecule has 0 atom stereocenters. The van der Waals surface area contributed by atoms with Gasteiger partial charge in [-0.05, 0) is 119 Å². The van der Waals surface area contributed by atoms with E-state index in [1.165, 1.54) is 16.7 Å². The van der Waals surface area contributed by atoms with Gasteiger partial charge < -0.3 is 4.90 Å². The molecular weight excluding hydrogens is 723 g/mol. The van der Waals surface area contributed by atoms with Crippen molar-refractivity contribution in [1.82, 2.24) is 0 Å². The number of anilines is 3. The number of benzene rings is 10. The standard InChI is InChI=1S/C59H43N/c1-59(2)55-26-14-13-24-52(55)53-37-36-47(39-56(53)59)60(46-34-32-43(33-35-46)41-18-7-4-8-19-41)57-27-15-25-49(44-30-28-42(29-31-44)40-16-5-3-6-17-40)58(57)54-38-45-20-9-10-21-48(45)50-22-11-12-23-51(50)54/h3-39H,1-2H3/i3D,5D,6D,16D,17D,28D,29D,30D,31D. The third-order valence-corrected chi connectivity index (χ3v) is 12.0. The van der Waals surface area contributed by atoms with Crippen molar-refractivity contribution in [2.24, 2.45) is 0 Å².